The molecule has 6 heteroatoms. The molecular formula is C14H18ClN3OS. The highest BCUT2D eigenvalue weighted by atomic mass is 35.5. The summed E-state index contributed by atoms with van der Waals surface area (Å²) in [6.07, 6.45) is 0. The van der Waals surface area contributed by atoms with Crippen molar-refractivity contribution in [2.45, 2.75) is 25.8 Å². The van der Waals surface area contributed by atoms with Gasteiger partial charge in [-0.25, -0.2) is 0 Å². The molecule has 0 aliphatic heterocycles. The molecule has 1 aromatic heterocycles. The van der Waals surface area contributed by atoms with E-state index in [9.17, 15) is 0 Å². The number of methoxy groups -OCH3 is 1. The van der Waals surface area contributed by atoms with Gasteiger partial charge >= 0.3 is 0 Å². The summed E-state index contributed by atoms with van der Waals surface area (Å²) in [6.45, 7) is 4.24. The first-order chi connectivity index (χ1) is 9.58. The van der Waals surface area contributed by atoms with Crippen LogP contribution in [0.5, 0.6) is 5.75 Å². The SMILES string of the molecule is CNC(c1ccc(Cl)c(OC)c1)c1snnc1C(C)C. The summed E-state index contributed by atoms with van der Waals surface area (Å²) in [5.41, 5.74) is 2.12. The lowest BCUT2D eigenvalue weighted by molar-refractivity contribution is 0.414. The molecule has 0 amide bonds. The first kappa shape index (κ1) is 15.2. The average molecular weight is 312 g/mol. The molecule has 0 aliphatic carbocycles. The summed E-state index contributed by atoms with van der Waals surface area (Å²) < 4.78 is 9.38. The first-order valence-corrected chi connectivity index (χ1v) is 7.56. The van der Waals surface area contributed by atoms with Crippen LogP contribution >= 0.6 is 23.1 Å². The van der Waals surface area contributed by atoms with E-state index < -0.39 is 0 Å². The standard InChI is InChI=1S/C14H18ClN3OS/c1-8(2)12-14(20-18-17-12)13(16-3)9-5-6-10(15)11(7-9)19-4/h5-8,13,16H,1-4H3. The van der Waals surface area contributed by atoms with E-state index >= 15 is 0 Å². The van der Waals surface area contributed by atoms with Crippen molar-refractivity contribution >= 4 is 23.1 Å². The van der Waals surface area contributed by atoms with Gasteiger partial charge < -0.3 is 10.1 Å². The zero-order chi connectivity index (χ0) is 14.7. The predicted molar refractivity (Wildman–Crippen MR) is 82.9 cm³/mol. The molecule has 2 aromatic rings. The molecule has 1 unspecified atom stereocenters. The number of hydrogen-bond acceptors (Lipinski definition) is 5. The van der Waals surface area contributed by atoms with Gasteiger partial charge in [0.25, 0.3) is 0 Å². The van der Waals surface area contributed by atoms with Crippen LogP contribution in [0.3, 0.4) is 0 Å². The molecule has 0 saturated heterocycles. The number of halogens is 1. The second kappa shape index (κ2) is 6.52. The van der Waals surface area contributed by atoms with Gasteiger partial charge in [-0.05, 0) is 42.2 Å². The minimum absolute atomic E-state index is 0.0403. The Balaban J connectivity index is 2.44. The van der Waals surface area contributed by atoms with Gasteiger partial charge in [0, 0.05) is 0 Å². The van der Waals surface area contributed by atoms with Crippen molar-refractivity contribution < 1.29 is 4.74 Å². The quantitative estimate of drug-likeness (QED) is 0.916. The minimum Gasteiger partial charge on any atom is -0.495 e. The summed E-state index contributed by atoms with van der Waals surface area (Å²) in [4.78, 5) is 1.13. The fraction of sp³-hybridized carbons (Fsp3) is 0.429. The van der Waals surface area contributed by atoms with Crippen LogP contribution in [-0.4, -0.2) is 23.7 Å². The predicted octanol–water partition coefficient (Wildman–Crippen LogP) is 3.63. The van der Waals surface area contributed by atoms with Crippen LogP contribution in [0.1, 0.15) is 41.9 Å². The number of hydrogen-bond donors (Lipinski definition) is 1. The third-order valence-electron chi connectivity index (χ3n) is 3.15. The van der Waals surface area contributed by atoms with Crippen molar-refractivity contribution in [3.05, 3.63) is 39.4 Å². The van der Waals surface area contributed by atoms with Gasteiger partial charge in [-0.15, -0.1) is 5.10 Å². The third-order valence-corrected chi connectivity index (χ3v) is 4.26. The van der Waals surface area contributed by atoms with E-state index in [0.717, 1.165) is 16.1 Å². The topological polar surface area (TPSA) is 47.0 Å². The second-order valence-corrected chi connectivity index (χ2v) is 5.99. The molecule has 0 aliphatic rings. The summed E-state index contributed by atoms with van der Waals surface area (Å²) in [6, 6.07) is 5.84. The number of aromatic nitrogens is 2. The van der Waals surface area contributed by atoms with E-state index in [1.165, 1.54) is 11.5 Å². The van der Waals surface area contributed by atoms with Crippen LogP contribution in [0.25, 0.3) is 0 Å². The van der Waals surface area contributed by atoms with Gasteiger partial charge in [-0.2, -0.15) is 0 Å². The number of rotatable bonds is 5. The average Bonchev–Trinajstić information content (AvgIpc) is 2.91. The van der Waals surface area contributed by atoms with Crippen LogP contribution in [0, 0.1) is 0 Å². The molecule has 108 valence electrons. The molecule has 0 saturated carbocycles. The molecule has 0 fully saturated rings. The molecule has 20 heavy (non-hydrogen) atoms. The zero-order valence-corrected chi connectivity index (χ0v) is 13.5. The number of benzene rings is 1. The largest absolute Gasteiger partial charge is 0.495 e. The molecular weight excluding hydrogens is 294 g/mol. The molecule has 0 spiro atoms. The number of ether oxygens (including phenoxy) is 1. The molecule has 1 N–H and O–H groups in total. The van der Waals surface area contributed by atoms with E-state index in [0.29, 0.717) is 16.7 Å². The first-order valence-electron chi connectivity index (χ1n) is 6.41. The highest BCUT2D eigenvalue weighted by Crippen LogP contribution is 2.34. The summed E-state index contributed by atoms with van der Waals surface area (Å²) in [7, 11) is 3.54. The Morgan fingerprint density at radius 1 is 1.35 bits per heavy atom. The van der Waals surface area contributed by atoms with E-state index in [4.69, 9.17) is 16.3 Å². The molecule has 1 heterocycles. The lowest BCUT2D eigenvalue weighted by Gasteiger charge is -2.18. The summed E-state index contributed by atoms with van der Waals surface area (Å²) in [5, 5.41) is 8.17. The Hall–Kier alpha value is -1.17. The Labute approximate surface area is 128 Å². The lowest BCUT2D eigenvalue weighted by atomic mass is 10.00. The minimum atomic E-state index is 0.0403. The Morgan fingerprint density at radius 3 is 2.70 bits per heavy atom. The zero-order valence-electron chi connectivity index (χ0n) is 12.0. The van der Waals surface area contributed by atoms with Gasteiger partial charge in [0.2, 0.25) is 0 Å². The maximum Gasteiger partial charge on any atom is 0.137 e. The molecule has 2 rings (SSSR count). The Morgan fingerprint density at radius 2 is 2.10 bits per heavy atom. The van der Waals surface area contributed by atoms with Crippen LogP contribution in [0.2, 0.25) is 5.02 Å². The van der Waals surface area contributed by atoms with Gasteiger partial charge in [0.1, 0.15) is 5.75 Å². The maximum absolute atomic E-state index is 6.08. The van der Waals surface area contributed by atoms with Crippen LogP contribution in [-0.2, 0) is 0 Å². The Kier molecular flexibility index (Phi) is 4.96. The van der Waals surface area contributed by atoms with Crippen molar-refractivity contribution in [1.82, 2.24) is 14.9 Å². The summed E-state index contributed by atoms with van der Waals surface area (Å²) >= 11 is 7.51. The smallest absolute Gasteiger partial charge is 0.137 e. The highest BCUT2D eigenvalue weighted by Gasteiger charge is 2.22. The lowest BCUT2D eigenvalue weighted by Crippen LogP contribution is -2.18. The number of nitrogens with zero attached hydrogens (tertiary/aromatic N) is 2. The molecule has 0 radical (unpaired) electrons. The monoisotopic (exact) mass is 311 g/mol. The van der Waals surface area contributed by atoms with Gasteiger partial charge in [-0.1, -0.05) is 36.0 Å². The Bertz CT molecular complexity index is 586. The van der Waals surface area contributed by atoms with Crippen molar-refractivity contribution in [3.63, 3.8) is 0 Å². The molecule has 4 nitrogen and oxygen atoms in total. The highest BCUT2D eigenvalue weighted by molar-refractivity contribution is 7.05. The van der Waals surface area contributed by atoms with Crippen molar-refractivity contribution in [2.75, 3.05) is 14.2 Å². The van der Waals surface area contributed by atoms with Crippen molar-refractivity contribution in [2.24, 2.45) is 0 Å². The number of nitrogens with one attached hydrogen (secondary N) is 1. The molecule has 0 bridgehead atoms. The van der Waals surface area contributed by atoms with Gasteiger partial charge in [-0.3, -0.25) is 0 Å². The maximum atomic E-state index is 6.08. The van der Waals surface area contributed by atoms with Gasteiger partial charge in [0.05, 0.1) is 28.7 Å². The molecule has 1 atom stereocenters. The fourth-order valence-corrected chi connectivity index (χ4v) is 3.25. The van der Waals surface area contributed by atoms with Crippen molar-refractivity contribution in [3.8, 4) is 5.75 Å². The van der Waals surface area contributed by atoms with Crippen LogP contribution in [0.4, 0.5) is 0 Å². The van der Waals surface area contributed by atoms with Crippen LogP contribution in [0.15, 0.2) is 18.2 Å². The van der Waals surface area contributed by atoms with Crippen LogP contribution < -0.4 is 10.1 Å². The summed E-state index contributed by atoms with van der Waals surface area (Å²) in [5.74, 6) is 1.02. The normalized spacial score (nSPS) is 12.7. The third kappa shape index (κ3) is 2.95. The van der Waals surface area contributed by atoms with Crippen molar-refractivity contribution in [1.29, 1.82) is 0 Å². The molecule has 1 aromatic carbocycles. The van der Waals surface area contributed by atoms with E-state index in [1.807, 2.05) is 25.2 Å². The van der Waals surface area contributed by atoms with E-state index in [1.54, 1.807) is 7.11 Å². The van der Waals surface area contributed by atoms with E-state index in [-0.39, 0.29) is 6.04 Å². The fourth-order valence-electron chi connectivity index (χ4n) is 2.11. The van der Waals surface area contributed by atoms with Gasteiger partial charge in [0.15, 0.2) is 0 Å². The van der Waals surface area contributed by atoms with E-state index in [2.05, 4.69) is 28.8 Å². The second-order valence-electron chi connectivity index (χ2n) is 4.79.